The summed E-state index contributed by atoms with van der Waals surface area (Å²) in [5.74, 6) is 0.264. The van der Waals surface area contributed by atoms with Gasteiger partial charge in [0.05, 0.1) is 19.2 Å². The summed E-state index contributed by atoms with van der Waals surface area (Å²) in [7, 11) is 1.98. The van der Waals surface area contributed by atoms with Crippen LogP contribution >= 0.6 is 0 Å². The van der Waals surface area contributed by atoms with Gasteiger partial charge in [-0.25, -0.2) is 13.9 Å². The van der Waals surface area contributed by atoms with E-state index in [-0.39, 0.29) is 12.6 Å². The Kier molecular flexibility index (Phi) is 6.08. The van der Waals surface area contributed by atoms with Gasteiger partial charge in [0.25, 0.3) is 0 Å². The molecular weight excluding hydrogens is 344 g/mol. The summed E-state index contributed by atoms with van der Waals surface area (Å²) in [6.07, 6.45) is 2.10. The lowest BCUT2D eigenvalue weighted by Gasteiger charge is -2.11. The van der Waals surface area contributed by atoms with Crippen molar-refractivity contribution in [1.82, 2.24) is 4.57 Å². The number of fused-ring (bicyclic) bond motifs is 1. The number of carbonyl (C=O) groups excluding carboxylic acids is 1. The minimum atomic E-state index is -0.657. The predicted molar refractivity (Wildman–Crippen MR) is 102 cm³/mol. The maximum Gasteiger partial charge on any atom is 0.338 e. The van der Waals surface area contributed by atoms with E-state index in [9.17, 15) is 9.90 Å². The Balaban J connectivity index is 1.56. The van der Waals surface area contributed by atoms with Gasteiger partial charge in [0, 0.05) is 0 Å². The van der Waals surface area contributed by atoms with E-state index in [0.717, 1.165) is 17.5 Å². The van der Waals surface area contributed by atoms with Crippen LogP contribution in [0, 0.1) is 0 Å². The number of nitrogens with zero attached hydrogens (tertiary/aromatic N) is 2. The van der Waals surface area contributed by atoms with Crippen LogP contribution in [0.25, 0.3) is 11.0 Å². The number of aliphatic hydroxyl groups is 1. The Hall–Kier alpha value is -2.86. The van der Waals surface area contributed by atoms with Gasteiger partial charge in [0.15, 0.2) is 11.0 Å². The van der Waals surface area contributed by atoms with Crippen LogP contribution in [-0.4, -0.2) is 35.0 Å². The molecule has 0 fully saturated rings. The number of ether oxygens (including phenoxy) is 2. The molecule has 0 amide bonds. The number of aryl methyl sites for hydroxylation is 1. The summed E-state index contributed by atoms with van der Waals surface area (Å²) in [5, 5.41) is 10.3. The molecule has 6 heteroatoms. The van der Waals surface area contributed by atoms with Crippen LogP contribution < -0.4 is 9.30 Å². The van der Waals surface area contributed by atoms with Crippen molar-refractivity contribution < 1.29 is 23.9 Å². The minimum absolute atomic E-state index is 0.163. The SMILES string of the molecule is CCCOC(=O)c1ccc(OC[C@H](O)Cn2c[n+](C)c3ccccc32)cc1. The molecule has 142 valence electrons. The molecule has 1 aromatic heterocycles. The van der Waals surface area contributed by atoms with Gasteiger partial charge >= 0.3 is 5.97 Å². The normalized spacial score (nSPS) is 12.1. The molecule has 27 heavy (non-hydrogen) atoms. The van der Waals surface area contributed by atoms with Crippen LogP contribution in [0.2, 0.25) is 0 Å². The van der Waals surface area contributed by atoms with Gasteiger partial charge in [-0.3, -0.25) is 0 Å². The van der Waals surface area contributed by atoms with Gasteiger partial charge in [0.2, 0.25) is 6.33 Å². The standard InChI is InChI=1S/C21H25N2O4/c1-3-12-26-21(25)16-8-10-18(11-9-16)27-14-17(24)13-23-15-22(2)19-6-4-5-7-20(19)23/h4-11,15,17,24H,3,12-14H2,1-2H3/q+1/t17-/m1/s1. The average Bonchev–Trinajstić information content (AvgIpc) is 3.00. The number of para-hydroxylation sites is 2. The smallest absolute Gasteiger partial charge is 0.338 e. The third-order valence-electron chi connectivity index (χ3n) is 4.26. The number of benzene rings is 2. The van der Waals surface area contributed by atoms with Crippen molar-refractivity contribution in [1.29, 1.82) is 0 Å². The Morgan fingerprint density at radius 3 is 2.67 bits per heavy atom. The number of rotatable bonds is 8. The number of esters is 1. The van der Waals surface area contributed by atoms with Gasteiger partial charge in [0.1, 0.15) is 25.0 Å². The van der Waals surface area contributed by atoms with Crippen LogP contribution in [0.5, 0.6) is 5.75 Å². The van der Waals surface area contributed by atoms with Crippen LogP contribution in [0.3, 0.4) is 0 Å². The molecule has 0 saturated heterocycles. The van der Waals surface area contributed by atoms with E-state index in [1.807, 2.05) is 53.7 Å². The molecule has 2 aromatic carbocycles. The molecule has 0 spiro atoms. The van der Waals surface area contributed by atoms with Gasteiger partial charge in [-0.05, 0) is 42.8 Å². The van der Waals surface area contributed by atoms with Crippen molar-refractivity contribution in [2.45, 2.75) is 26.0 Å². The minimum Gasteiger partial charge on any atom is -0.491 e. The fourth-order valence-electron chi connectivity index (χ4n) is 2.92. The van der Waals surface area contributed by atoms with Crippen LogP contribution in [-0.2, 0) is 18.3 Å². The average molecular weight is 369 g/mol. The molecule has 6 nitrogen and oxygen atoms in total. The first-order chi connectivity index (χ1) is 13.1. The molecule has 0 radical (unpaired) electrons. The Bertz CT molecular complexity index is 902. The number of aliphatic hydroxyl groups excluding tert-OH is 1. The first-order valence-corrected chi connectivity index (χ1v) is 9.10. The van der Waals surface area contributed by atoms with E-state index in [0.29, 0.717) is 24.5 Å². The molecular formula is C21H25N2O4+. The summed E-state index contributed by atoms with van der Waals surface area (Å²) < 4.78 is 14.8. The van der Waals surface area contributed by atoms with Gasteiger partial charge in [-0.1, -0.05) is 19.1 Å². The number of hydrogen-bond acceptors (Lipinski definition) is 4. The molecule has 3 rings (SSSR count). The van der Waals surface area contributed by atoms with Gasteiger partial charge in [-0.15, -0.1) is 0 Å². The predicted octanol–water partition coefficient (Wildman–Crippen LogP) is 2.47. The lowest BCUT2D eigenvalue weighted by molar-refractivity contribution is -0.645. The molecule has 1 N–H and O–H groups in total. The zero-order valence-corrected chi connectivity index (χ0v) is 15.7. The topological polar surface area (TPSA) is 64.6 Å². The highest BCUT2D eigenvalue weighted by Gasteiger charge is 2.16. The number of aromatic nitrogens is 2. The summed E-state index contributed by atoms with van der Waals surface area (Å²) in [6, 6.07) is 14.8. The number of hydrogen-bond donors (Lipinski definition) is 1. The summed E-state index contributed by atoms with van der Waals surface area (Å²) >= 11 is 0. The number of imidazole rings is 1. The summed E-state index contributed by atoms with van der Waals surface area (Å²) in [6.45, 7) is 2.96. The lowest BCUT2D eigenvalue weighted by Crippen LogP contribution is -2.27. The molecule has 0 aliphatic rings. The molecule has 1 heterocycles. The molecule has 0 bridgehead atoms. The number of carbonyl (C=O) groups is 1. The van der Waals surface area contributed by atoms with Crippen LogP contribution in [0.15, 0.2) is 54.9 Å². The van der Waals surface area contributed by atoms with Crippen molar-refractivity contribution >= 4 is 17.0 Å². The van der Waals surface area contributed by atoms with Gasteiger partial charge in [-0.2, -0.15) is 0 Å². The summed E-state index contributed by atoms with van der Waals surface area (Å²) in [4.78, 5) is 11.8. The maximum atomic E-state index is 11.8. The monoisotopic (exact) mass is 369 g/mol. The van der Waals surface area contributed by atoms with E-state index >= 15 is 0 Å². The molecule has 1 atom stereocenters. The zero-order chi connectivity index (χ0) is 19.2. The highest BCUT2D eigenvalue weighted by atomic mass is 16.5. The van der Waals surface area contributed by atoms with Gasteiger partial charge < -0.3 is 14.6 Å². The fourth-order valence-corrected chi connectivity index (χ4v) is 2.92. The van der Waals surface area contributed by atoms with Crippen molar-refractivity contribution in [2.75, 3.05) is 13.2 Å². The van der Waals surface area contributed by atoms with E-state index < -0.39 is 6.10 Å². The first-order valence-electron chi connectivity index (χ1n) is 9.10. The Labute approximate surface area is 158 Å². The van der Waals surface area contributed by atoms with Crippen molar-refractivity contribution in [3.63, 3.8) is 0 Å². The molecule has 0 unspecified atom stereocenters. The highest BCUT2D eigenvalue weighted by Crippen LogP contribution is 2.15. The zero-order valence-electron chi connectivity index (χ0n) is 15.7. The largest absolute Gasteiger partial charge is 0.491 e. The highest BCUT2D eigenvalue weighted by molar-refractivity contribution is 5.89. The lowest BCUT2D eigenvalue weighted by atomic mass is 10.2. The third-order valence-corrected chi connectivity index (χ3v) is 4.26. The van der Waals surface area contributed by atoms with Crippen LogP contribution in [0.1, 0.15) is 23.7 Å². The van der Waals surface area contributed by atoms with Crippen LogP contribution in [0.4, 0.5) is 0 Å². The van der Waals surface area contributed by atoms with E-state index in [2.05, 4.69) is 0 Å². The maximum absolute atomic E-state index is 11.8. The van der Waals surface area contributed by atoms with E-state index in [1.165, 1.54) is 0 Å². The Morgan fingerprint density at radius 1 is 1.19 bits per heavy atom. The fraction of sp³-hybridized carbons (Fsp3) is 0.333. The van der Waals surface area contributed by atoms with Crippen molar-refractivity contribution in [3.8, 4) is 5.75 Å². The second kappa shape index (κ2) is 8.68. The molecule has 0 aliphatic carbocycles. The second-order valence-electron chi connectivity index (χ2n) is 6.49. The Morgan fingerprint density at radius 2 is 1.93 bits per heavy atom. The molecule has 0 aliphatic heterocycles. The summed E-state index contributed by atoms with van der Waals surface area (Å²) in [5.41, 5.74) is 2.66. The van der Waals surface area contributed by atoms with E-state index in [1.54, 1.807) is 24.3 Å². The quantitative estimate of drug-likeness (QED) is 0.489. The first kappa shape index (κ1) is 18.9. The molecule has 3 aromatic rings. The van der Waals surface area contributed by atoms with Crippen molar-refractivity contribution in [3.05, 3.63) is 60.4 Å². The molecule has 0 saturated carbocycles. The van der Waals surface area contributed by atoms with Crippen molar-refractivity contribution in [2.24, 2.45) is 7.05 Å². The second-order valence-corrected chi connectivity index (χ2v) is 6.49. The third kappa shape index (κ3) is 4.65. The van der Waals surface area contributed by atoms with E-state index in [4.69, 9.17) is 9.47 Å².